The molecule has 0 bridgehead atoms. The number of benzene rings is 2. The second-order valence-corrected chi connectivity index (χ2v) is 17.1. The molecule has 2 rings (SSSR count). The van der Waals surface area contributed by atoms with Crippen LogP contribution in [-0.4, -0.2) is 34.5 Å². The smallest absolute Gasteiger partial charge is 0.240 e. The molecule has 0 heterocycles. The molecule has 0 unspecified atom stereocenters. The summed E-state index contributed by atoms with van der Waals surface area (Å²) in [4.78, 5) is 24.7. The fraction of sp³-hybridized carbons (Fsp3) is 0.600. The van der Waals surface area contributed by atoms with E-state index in [0.717, 1.165) is 71.9 Å². The Morgan fingerprint density at radius 1 is 0.521 bits per heavy atom. The third-order valence-electron chi connectivity index (χ3n) is 8.36. The normalized spacial score (nSPS) is 13.0. The Morgan fingerprint density at radius 2 is 0.771 bits per heavy atom. The quantitative estimate of drug-likeness (QED) is 0.0971. The summed E-state index contributed by atoms with van der Waals surface area (Å²) in [5.41, 5.74) is 9.42. The predicted molar refractivity (Wildman–Crippen MR) is 199 cm³/mol. The number of hydrogen-bond donors (Lipinski definition) is 4. The minimum atomic E-state index is -0.235. The highest BCUT2D eigenvalue weighted by molar-refractivity contribution is 5.84. The maximum Gasteiger partial charge on any atom is 0.240 e. The first kappa shape index (κ1) is 40.5. The number of rotatable bonds is 13. The zero-order valence-electron chi connectivity index (χ0n) is 31.7. The molecule has 0 fully saturated rings. The Hall–Kier alpha value is -3.68. The molecule has 0 aliphatic heterocycles. The van der Waals surface area contributed by atoms with Crippen molar-refractivity contribution in [1.29, 1.82) is 0 Å². The van der Waals surface area contributed by atoms with Crippen molar-refractivity contribution >= 4 is 24.2 Å². The number of unbranched alkanes of at least 4 members (excludes halogenated alkanes) is 5. The average Bonchev–Trinajstić information content (AvgIpc) is 2.93. The molecule has 2 aromatic rings. The van der Waals surface area contributed by atoms with Crippen molar-refractivity contribution in [2.24, 2.45) is 10.2 Å². The van der Waals surface area contributed by atoms with Gasteiger partial charge in [-0.2, -0.15) is 10.2 Å². The molecule has 0 aromatic heterocycles. The summed E-state index contributed by atoms with van der Waals surface area (Å²) in [5, 5.41) is 30.1. The topological polar surface area (TPSA) is 123 Å². The van der Waals surface area contributed by atoms with E-state index >= 15 is 0 Å². The maximum atomic E-state index is 12.3. The molecular formula is C40H62N4O4. The Kier molecular flexibility index (Phi) is 14.0. The Bertz CT molecular complexity index is 1280. The van der Waals surface area contributed by atoms with Gasteiger partial charge in [-0.15, -0.1) is 0 Å². The molecule has 0 atom stereocenters. The van der Waals surface area contributed by atoms with Crippen molar-refractivity contribution in [1.82, 2.24) is 10.9 Å². The zero-order chi connectivity index (χ0) is 36.5. The summed E-state index contributed by atoms with van der Waals surface area (Å²) in [6.45, 7) is 24.8. The Balaban J connectivity index is 1.72. The number of carbonyl (C=O) groups excluding carboxylic acids is 2. The van der Waals surface area contributed by atoms with Crippen LogP contribution in [0.15, 0.2) is 34.5 Å². The van der Waals surface area contributed by atoms with Gasteiger partial charge >= 0.3 is 0 Å². The number of nitrogens with zero attached hydrogens (tertiary/aromatic N) is 2. The number of nitrogens with one attached hydrogen (secondary N) is 2. The van der Waals surface area contributed by atoms with Crippen molar-refractivity contribution < 1.29 is 19.8 Å². The molecule has 4 N–H and O–H groups in total. The van der Waals surface area contributed by atoms with Crippen LogP contribution in [-0.2, 0) is 31.2 Å². The van der Waals surface area contributed by atoms with Crippen molar-refractivity contribution in [3.05, 3.63) is 57.6 Å². The van der Waals surface area contributed by atoms with Crippen LogP contribution < -0.4 is 10.9 Å². The number of amides is 2. The van der Waals surface area contributed by atoms with Gasteiger partial charge in [-0.1, -0.05) is 109 Å². The van der Waals surface area contributed by atoms with Gasteiger partial charge in [0.15, 0.2) is 0 Å². The van der Waals surface area contributed by atoms with Crippen molar-refractivity contribution in [2.45, 2.75) is 156 Å². The summed E-state index contributed by atoms with van der Waals surface area (Å²) in [6.07, 6.45) is 9.54. The van der Waals surface area contributed by atoms with Gasteiger partial charge in [0, 0.05) is 35.1 Å². The molecule has 0 radical (unpaired) electrons. The van der Waals surface area contributed by atoms with Crippen molar-refractivity contribution in [2.75, 3.05) is 0 Å². The summed E-state index contributed by atoms with van der Waals surface area (Å²) < 4.78 is 0. The van der Waals surface area contributed by atoms with E-state index in [2.05, 4.69) is 104 Å². The highest BCUT2D eigenvalue weighted by Crippen LogP contribution is 2.40. The van der Waals surface area contributed by atoms with Gasteiger partial charge in [-0.25, -0.2) is 10.9 Å². The van der Waals surface area contributed by atoms with Crippen molar-refractivity contribution in [3.8, 4) is 11.5 Å². The lowest BCUT2D eigenvalue weighted by atomic mass is 9.78. The fourth-order valence-corrected chi connectivity index (χ4v) is 5.50. The van der Waals surface area contributed by atoms with Crippen LogP contribution >= 0.6 is 0 Å². The standard InChI is InChI=1S/C40H62N4O4/c1-37(2,3)29-21-27(22-30(35(29)47)38(4,5)6)25-41-43-33(45)19-17-15-13-14-16-18-20-34(46)44-42-26-28-23-31(39(7,8)9)36(48)32(24-28)40(10,11)12/h21-26,47-48H,13-20H2,1-12H3,(H,43,45)(H,44,46)/b41-25-,42-26+. The molecule has 0 aliphatic carbocycles. The fourth-order valence-electron chi connectivity index (χ4n) is 5.50. The van der Waals surface area contributed by atoms with Gasteiger partial charge in [0.05, 0.1) is 12.4 Å². The summed E-state index contributed by atoms with van der Waals surface area (Å²) in [5.74, 6) is 0.400. The summed E-state index contributed by atoms with van der Waals surface area (Å²) >= 11 is 0. The van der Waals surface area contributed by atoms with E-state index in [1.807, 2.05) is 24.3 Å². The van der Waals surface area contributed by atoms with E-state index in [0.29, 0.717) is 24.3 Å². The molecule has 8 heteroatoms. The lowest BCUT2D eigenvalue weighted by Crippen LogP contribution is -2.19. The zero-order valence-corrected chi connectivity index (χ0v) is 31.7. The van der Waals surface area contributed by atoms with Crippen molar-refractivity contribution in [3.63, 3.8) is 0 Å². The molecule has 0 saturated heterocycles. The van der Waals surface area contributed by atoms with E-state index in [9.17, 15) is 19.8 Å². The largest absolute Gasteiger partial charge is 0.507 e. The lowest BCUT2D eigenvalue weighted by Gasteiger charge is -2.27. The molecule has 48 heavy (non-hydrogen) atoms. The first-order chi connectivity index (χ1) is 22.0. The summed E-state index contributed by atoms with van der Waals surface area (Å²) in [6, 6.07) is 7.72. The molecule has 0 spiro atoms. The van der Waals surface area contributed by atoms with E-state index < -0.39 is 0 Å². The number of hydrogen-bond acceptors (Lipinski definition) is 6. The number of hydrazone groups is 2. The maximum absolute atomic E-state index is 12.3. The third-order valence-corrected chi connectivity index (χ3v) is 8.36. The molecule has 266 valence electrons. The molecular weight excluding hydrogens is 600 g/mol. The average molecular weight is 663 g/mol. The Labute approximate surface area is 289 Å². The first-order valence-corrected chi connectivity index (χ1v) is 17.4. The predicted octanol–water partition coefficient (Wildman–Crippen LogP) is 9.01. The minimum Gasteiger partial charge on any atom is -0.507 e. The third kappa shape index (κ3) is 12.7. The molecule has 0 saturated carbocycles. The highest BCUT2D eigenvalue weighted by atomic mass is 16.3. The van der Waals surface area contributed by atoms with Gasteiger partial charge in [-0.3, -0.25) is 9.59 Å². The molecule has 0 aliphatic rings. The first-order valence-electron chi connectivity index (χ1n) is 17.4. The SMILES string of the molecule is CC(C)(C)c1cc(/C=N\NC(=O)CCCCCCCCC(=O)N/N=C/c2cc(C(C)(C)C)c(O)c(C(C)(C)C)c2)cc(C(C)(C)C)c1O. The van der Waals surface area contributed by atoms with E-state index in [-0.39, 0.29) is 33.5 Å². The van der Waals surface area contributed by atoms with E-state index in [1.54, 1.807) is 12.4 Å². The van der Waals surface area contributed by atoms with Gasteiger partial charge < -0.3 is 10.2 Å². The van der Waals surface area contributed by atoms with Crippen LogP contribution in [0.5, 0.6) is 11.5 Å². The molecule has 2 aromatic carbocycles. The van der Waals surface area contributed by atoms with E-state index in [4.69, 9.17) is 0 Å². The minimum absolute atomic E-state index is 0.120. The number of phenols is 2. The second kappa shape index (κ2) is 16.6. The van der Waals surface area contributed by atoms with E-state index in [1.165, 1.54) is 0 Å². The van der Waals surface area contributed by atoms with Gasteiger partial charge in [0.2, 0.25) is 11.8 Å². The number of phenolic OH excluding ortho intramolecular Hbond substituents is 2. The number of carbonyl (C=O) groups is 2. The van der Waals surface area contributed by atoms with Crippen LogP contribution in [0.2, 0.25) is 0 Å². The highest BCUT2D eigenvalue weighted by Gasteiger charge is 2.27. The number of aromatic hydroxyl groups is 2. The van der Waals surface area contributed by atoms with Gasteiger partial charge in [-0.05, 0) is 69.9 Å². The molecule has 8 nitrogen and oxygen atoms in total. The second-order valence-electron chi connectivity index (χ2n) is 17.1. The van der Waals surface area contributed by atoms with Gasteiger partial charge in [0.25, 0.3) is 0 Å². The lowest BCUT2D eigenvalue weighted by molar-refractivity contribution is -0.122. The van der Waals surface area contributed by atoms with Crippen LogP contribution in [0.4, 0.5) is 0 Å². The van der Waals surface area contributed by atoms with Crippen LogP contribution in [0.25, 0.3) is 0 Å². The van der Waals surface area contributed by atoms with Gasteiger partial charge in [0.1, 0.15) is 11.5 Å². The van der Waals surface area contributed by atoms with Crippen LogP contribution in [0, 0.1) is 0 Å². The monoisotopic (exact) mass is 662 g/mol. The molecule has 2 amide bonds. The van der Waals surface area contributed by atoms with Crippen LogP contribution in [0.1, 0.15) is 168 Å². The van der Waals surface area contributed by atoms with Crippen LogP contribution in [0.3, 0.4) is 0 Å². The summed E-state index contributed by atoms with van der Waals surface area (Å²) in [7, 11) is 0. The Morgan fingerprint density at radius 3 is 1.02 bits per heavy atom.